The fraction of sp³-hybridized carbons (Fsp3) is 0.125. The molecule has 0 atom stereocenters. The Morgan fingerprint density at radius 1 is 1.33 bits per heavy atom. The highest BCUT2D eigenvalue weighted by atomic mass is 32.2. The lowest BCUT2D eigenvalue weighted by Gasteiger charge is -2.04. The van der Waals surface area contributed by atoms with E-state index in [1.165, 1.54) is 0 Å². The summed E-state index contributed by atoms with van der Waals surface area (Å²) in [5.41, 5.74) is -0.878. The highest BCUT2D eigenvalue weighted by Gasteiger charge is 2.24. The van der Waals surface area contributed by atoms with Crippen LogP contribution in [0.1, 0.15) is 10.4 Å². The number of hydrogen-bond donors (Lipinski definition) is 1. The fourth-order valence-electron chi connectivity index (χ4n) is 1.04. The lowest BCUT2D eigenvalue weighted by Crippen LogP contribution is -2.10. The Balaban J connectivity index is 3.66. The standard InChI is InChI=1S/C8H6F2O4S/c1-15(13,14)7-5(9)3-2-4(6(7)10)8(11)12/h2-3H,1H3,(H,11,12). The Morgan fingerprint density at radius 2 is 1.87 bits per heavy atom. The number of rotatable bonds is 2. The van der Waals surface area contributed by atoms with Crippen molar-refractivity contribution in [1.82, 2.24) is 0 Å². The first-order valence-corrected chi connectivity index (χ1v) is 5.55. The zero-order valence-electron chi connectivity index (χ0n) is 7.49. The van der Waals surface area contributed by atoms with Crippen LogP contribution in [0.3, 0.4) is 0 Å². The van der Waals surface area contributed by atoms with Crippen LogP contribution in [0, 0.1) is 11.6 Å². The van der Waals surface area contributed by atoms with Gasteiger partial charge in [-0.15, -0.1) is 0 Å². The largest absolute Gasteiger partial charge is 0.478 e. The van der Waals surface area contributed by atoms with Crippen molar-refractivity contribution in [1.29, 1.82) is 0 Å². The van der Waals surface area contributed by atoms with Crippen molar-refractivity contribution in [2.24, 2.45) is 0 Å². The van der Waals surface area contributed by atoms with E-state index in [2.05, 4.69) is 0 Å². The monoisotopic (exact) mass is 236 g/mol. The molecule has 0 spiro atoms. The van der Waals surface area contributed by atoms with Gasteiger partial charge in [-0.1, -0.05) is 0 Å². The Morgan fingerprint density at radius 3 is 2.27 bits per heavy atom. The lowest BCUT2D eigenvalue weighted by molar-refractivity contribution is 0.0691. The molecule has 0 saturated heterocycles. The summed E-state index contributed by atoms with van der Waals surface area (Å²) in [6.07, 6.45) is 0.597. The molecule has 0 aliphatic carbocycles. The summed E-state index contributed by atoms with van der Waals surface area (Å²) >= 11 is 0. The minimum absolute atomic E-state index is 0.597. The average molecular weight is 236 g/mol. The number of carboxylic acid groups (broad SMARTS) is 1. The third kappa shape index (κ3) is 2.12. The van der Waals surface area contributed by atoms with Crippen molar-refractivity contribution in [3.05, 3.63) is 29.3 Å². The zero-order chi connectivity index (χ0) is 11.8. The summed E-state index contributed by atoms with van der Waals surface area (Å²) in [4.78, 5) is 9.23. The molecule has 0 heterocycles. The van der Waals surface area contributed by atoms with Gasteiger partial charge in [0.05, 0.1) is 5.56 Å². The van der Waals surface area contributed by atoms with Gasteiger partial charge < -0.3 is 5.11 Å². The second-order valence-electron chi connectivity index (χ2n) is 2.82. The molecule has 4 nitrogen and oxygen atoms in total. The Kier molecular flexibility index (Phi) is 2.76. The molecule has 1 aromatic rings. The van der Waals surface area contributed by atoms with Crippen molar-refractivity contribution in [2.75, 3.05) is 6.26 Å². The normalized spacial score (nSPS) is 11.4. The Hall–Kier alpha value is -1.50. The van der Waals surface area contributed by atoms with E-state index in [0.29, 0.717) is 18.4 Å². The van der Waals surface area contributed by atoms with Crippen LogP contribution in [-0.4, -0.2) is 25.7 Å². The van der Waals surface area contributed by atoms with Crippen molar-refractivity contribution in [3.63, 3.8) is 0 Å². The van der Waals surface area contributed by atoms with Gasteiger partial charge in [0.15, 0.2) is 15.7 Å². The van der Waals surface area contributed by atoms with E-state index in [-0.39, 0.29) is 0 Å². The molecule has 0 saturated carbocycles. The van der Waals surface area contributed by atoms with Crippen molar-refractivity contribution in [3.8, 4) is 0 Å². The van der Waals surface area contributed by atoms with Crippen LogP contribution in [0.25, 0.3) is 0 Å². The molecule has 1 aromatic carbocycles. The number of carboxylic acids is 1. The minimum atomic E-state index is -4.13. The van der Waals surface area contributed by atoms with Crippen LogP contribution < -0.4 is 0 Å². The molecule has 0 amide bonds. The Bertz CT molecular complexity index is 522. The van der Waals surface area contributed by atoms with Crippen LogP contribution in [-0.2, 0) is 9.84 Å². The number of benzene rings is 1. The maximum absolute atomic E-state index is 13.3. The first kappa shape index (κ1) is 11.6. The number of sulfone groups is 1. The summed E-state index contributed by atoms with van der Waals surface area (Å²) in [5, 5.41) is 8.49. The molecule has 0 bridgehead atoms. The summed E-state index contributed by atoms with van der Waals surface area (Å²) in [7, 11) is -4.13. The molecule has 1 rings (SSSR count). The second kappa shape index (κ2) is 3.58. The molecule has 7 heteroatoms. The average Bonchev–Trinajstić information content (AvgIpc) is 2.00. The van der Waals surface area contributed by atoms with Gasteiger partial charge in [0, 0.05) is 6.26 Å². The van der Waals surface area contributed by atoms with E-state index >= 15 is 0 Å². The van der Waals surface area contributed by atoms with Gasteiger partial charge in [-0.05, 0) is 12.1 Å². The smallest absolute Gasteiger partial charge is 0.338 e. The lowest BCUT2D eigenvalue weighted by atomic mass is 10.2. The molecular weight excluding hydrogens is 230 g/mol. The van der Waals surface area contributed by atoms with Gasteiger partial charge in [0.25, 0.3) is 0 Å². The molecule has 0 radical (unpaired) electrons. The minimum Gasteiger partial charge on any atom is -0.478 e. The molecule has 0 fully saturated rings. The van der Waals surface area contributed by atoms with Crippen LogP contribution in [0.15, 0.2) is 17.0 Å². The number of carbonyl (C=O) groups is 1. The van der Waals surface area contributed by atoms with Crippen LogP contribution in [0.5, 0.6) is 0 Å². The number of aromatic carboxylic acids is 1. The molecular formula is C8H6F2O4S. The quantitative estimate of drug-likeness (QED) is 0.833. The van der Waals surface area contributed by atoms with Gasteiger partial charge in [0.2, 0.25) is 0 Å². The van der Waals surface area contributed by atoms with Crippen LogP contribution in [0.2, 0.25) is 0 Å². The van der Waals surface area contributed by atoms with E-state index in [1.54, 1.807) is 0 Å². The van der Waals surface area contributed by atoms with Crippen molar-refractivity contribution in [2.45, 2.75) is 4.90 Å². The first-order valence-electron chi connectivity index (χ1n) is 3.66. The summed E-state index contributed by atoms with van der Waals surface area (Å²) < 4.78 is 48.2. The predicted octanol–water partition coefficient (Wildman–Crippen LogP) is 1.07. The van der Waals surface area contributed by atoms with Gasteiger partial charge >= 0.3 is 5.97 Å². The van der Waals surface area contributed by atoms with Gasteiger partial charge in [-0.2, -0.15) is 0 Å². The molecule has 0 aromatic heterocycles. The molecule has 0 unspecified atom stereocenters. The van der Waals surface area contributed by atoms with E-state index in [4.69, 9.17) is 5.11 Å². The maximum Gasteiger partial charge on any atom is 0.338 e. The van der Waals surface area contributed by atoms with E-state index in [0.717, 1.165) is 0 Å². The topological polar surface area (TPSA) is 71.4 Å². The number of halogens is 2. The molecule has 1 N–H and O–H groups in total. The highest BCUT2D eigenvalue weighted by molar-refractivity contribution is 7.90. The molecule has 0 aliphatic rings. The van der Waals surface area contributed by atoms with E-state index in [1.807, 2.05) is 0 Å². The molecule has 82 valence electrons. The summed E-state index contributed by atoms with van der Waals surface area (Å²) in [6, 6.07) is 1.27. The zero-order valence-corrected chi connectivity index (χ0v) is 8.31. The van der Waals surface area contributed by atoms with Gasteiger partial charge in [-0.3, -0.25) is 0 Å². The summed E-state index contributed by atoms with van der Waals surface area (Å²) in [5.74, 6) is -4.54. The summed E-state index contributed by atoms with van der Waals surface area (Å²) in [6.45, 7) is 0. The third-order valence-electron chi connectivity index (χ3n) is 1.65. The Labute approximate surface area is 84.1 Å². The van der Waals surface area contributed by atoms with Crippen LogP contribution >= 0.6 is 0 Å². The highest BCUT2D eigenvalue weighted by Crippen LogP contribution is 2.21. The van der Waals surface area contributed by atoms with E-state index < -0.39 is 37.9 Å². The predicted molar refractivity (Wildman–Crippen MR) is 46.4 cm³/mol. The number of hydrogen-bond acceptors (Lipinski definition) is 3. The van der Waals surface area contributed by atoms with Crippen LogP contribution in [0.4, 0.5) is 8.78 Å². The first-order chi connectivity index (χ1) is 6.75. The fourth-order valence-corrected chi connectivity index (χ4v) is 1.90. The third-order valence-corrected chi connectivity index (χ3v) is 2.77. The van der Waals surface area contributed by atoms with Gasteiger partial charge in [-0.25, -0.2) is 22.0 Å². The maximum atomic E-state index is 13.3. The van der Waals surface area contributed by atoms with Crippen molar-refractivity contribution >= 4 is 15.8 Å². The second-order valence-corrected chi connectivity index (χ2v) is 4.77. The molecule has 15 heavy (non-hydrogen) atoms. The van der Waals surface area contributed by atoms with Gasteiger partial charge in [0.1, 0.15) is 10.7 Å². The molecule has 0 aliphatic heterocycles. The SMILES string of the molecule is CS(=O)(=O)c1c(F)ccc(C(=O)O)c1F. The van der Waals surface area contributed by atoms with Crippen molar-refractivity contribution < 1.29 is 27.1 Å². The van der Waals surface area contributed by atoms with E-state index in [9.17, 15) is 22.0 Å².